The fraction of sp³-hybridized carbons (Fsp3) is 0.346. The highest BCUT2D eigenvalue weighted by atomic mass is 32.1. The number of nitrogens with zero attached hydrogens (tertiary/aromatic N) is 5. The smallest absolute Gasteiger partial charge is 0.379 e. The lowest BCUT2D eigenvalue weighted by Gasteiger charge is -2.38. The Morgan fingerprint density at radius 2 is 1.95 bits per heavy atom. The number of benzene rings is 1. The molecule has 40 heavy (non-hydrogen) atoms. The lowest BCUT2D eigenvalue weighted by atomic mass is 10.0. The number of anilines is 1. The van der Waals surface area contributed by atoms with E-state index in [1.807, 2.05) is 18.2 Å². The Hall–Kier alpha value is -3.72. The Bertz CT molecular complexity index is 1510. The molecule has 4 aromatic rings. The molecule has 0 spiro atoms. The van der Waals surface area contributed by atoms with E-state index >= 15 is 0 Å². The second-order valence-corrected chi connectivity index (χ2v) is 10.2. The molecular weight excluding hydrogens is 547 g/mol. The maximum absolute atomic E-state index is 12.9. The quantitative estimate of drug-likeness (QED) is 0.284. The number of hydrogen-bond acceptors (Lipinski definition) is 9. The standard InChI is InChI=1S/C26H26F3N7O3S/c1-3-30-24(38)35-25-34-20-8-15(16-9-32-23(33-10-16)22(37)26(27,28)29)7-18(21(20)40-25)19-6-14(4-5-31-19)11-36-12-17(13-36)39-2/h4-10,17,22,37H,3,11-13H2,1-2H3,(H2,30,34,35,38). The van der Waals surface area contributed by atoms with Crippen LogP contribution in [0.4, 0.5) is 23.1 Å². The van der Waals surface area contributed by atoms with E-state index in [4.69, 9.17) is 4.74 Å². The van der Waals surface area contributed by atoms with E-state index in [-0.39, 0.29) is 12.1 Å². The molecule has 1 aromatic carbocycles. The van der Waals surface area contributed by atoms with Crippen LogP contribution in [-0.4, -0.2) is 75.0 Å². The molecule has 1 unspecified atom stereocenters. The van der Waals surface area contributed by atoms with Gasteiger partial charge in [0.15, 0.2) is 11.0 Å². The van der Waals surface area contributed by atoms with Crippen molar-refractivity contribution in [2.75, 3.05) is 32.1 Å². The maximum atomic E-state index is 12.9. The number of carbonyl (C=O) groups is 1. The molecule has 1 atom stereocenters. The largest absolute Gasteiger partial charge is 0.421 e. The molecule has 0 saturated carbocycles. The van der Waals surface area contributed by atoms with Crippen molar-refractivity contribution in [1.82, 2.24) is 30.2 Å². The maximum Gasteiger partial charge on any atom is 0.421 e. The van der Waals surface area contributed by atoms with E-state index < -0.39 is 18.1 Å². The molecule has 0 radical (unpaired) electrons. The Kier molecular flexibility index (Phi) is 7.94. The van der Waals surface area contributed by atoms with Gasteiger partial charge in [0.2, 0.25) is 6.10 Å². The molecule has 1 aliphatic heterocycles. The van der Waals surface area contributed by atoms with Crippen molar-refractivity contribution < 1.29 is 27.8 Å². The number of urea groups is 1. The molecule has 2 amide bonds. The van der Waals surface area contributed by atoms with E-state index in [0.717, 1.165) is 35.5 Å². The molecule has 0 bridgehead atoms. The fourth-order valence-electron chi connectivity index (χ4n) is 4.30. The highest BCUT2D eigenvalue weighted by Crippen LogP contribution is 2.39. The van der Waals surface area contributed by atoms with Gasteiger partial charge in [-0.15, -0.1) is 0 Å². The molecule has 10 nitrogen and oxygen atoms in total. The van der Waals surface area contributed by atoms with Crippen LogP contribution in [0.25, 0.3) is 32.6 Å². The number of likely N-dealkylation sites (tertiary alicyclic amines) is 1. The van der Waals surface area contributed by atoms with Crippen molar-refractivity contribution in [3.63, 3.8) is 0 Å². The van der Waals surface area contributed by atoms with Crippen molar-refractivity contribution in [3.05, 3.63) is 54.2 Å². The summed E-state index contributed by atoms with van der Waals surface area (Å²) in [5, 5.41) is 15.3. The van der Waals surface area contributed by atoms with Gasteiger partial charge in [-0.1, -0.05) is 11.3 Å². The molecule has 3 aromatic heterocycles. The second-order valence-electron chi connectivity index (χ2n) is 9.25. The first-order valence-electron chi connectivity index (χ1n) is 12.4. The van der Waals surface area contributed by atoms with Gasteiger partial charge in [-0.3, -0.25) is 15.2 Å². The number of pyridine rings is 1. The van der Waals surface area contributed by atoms with Crippen LogP contribution in [-0.2, 0) is 11.3 Å². The summed E-state index contributed by atoms with van der Waals surface area (Å²) in [6.07, 6.45) is -3.25. The number of ether oxygens (including phenoxy) is 1. The number of alkyl halides is 3. The van der Waals surface area contributed by atoms with Crippen LogP contribution in [0.1, 0.15) is 24.4 Å². The number of methoxy groups -OCH3 is 1. The number of rotatable bonds is 8. The van der Waals surface area contributed by atoms with Crippen LogP contribution in [0.15, 0.2) is 42.9 Å². The minimum Gasteiger partial charge on any atom is -0.379 e. The number of amides is 2. The Morgan fingerprint density at radius 3 is 2.62 bits per heavy atom. The van der Waals surface area contributed by atoms with Crippen LogP contribution >= 0.6 is 11.3 Å². The molecule has 0 aliphatic carbocycles. The third-order valence-corrected chi connectivity index (χ3v) is 7.39. The SMILES string of the molecule is CCNC(=O)Nc1nc2cc(-c3cnc(C(O)C(F)(F)F)nc3)cc(-c3cc(CN4CC(OC)C4)ccn3)c2s1. The molecular formula is C26H26F3N7O3S. The number of aliphatic hydroxyl groups excluding tert-OH is 1. The predicted molar refractivity (Wildman–Crippen MR) is 144 cm³/mol. The third-order valence-electron chi connectivity index (χ3n) is 6.37. The first kappa shape index (κ1) is 27.8. The van der Waals surface area contributed by atoms with Crippen LogP contribution < -0.4 is 10.6 Å². The summed E-state index contributed by atoms with van der Waals surface area (Å²) in [5.41, 5.74) is 4.02. The number of nitrogens with one attached hydrogen (secondary N) is 2. The van der Waals surface area contributed by atoms with Gasteiger partial charge < -0.3 is 15.2 Å². The van der Waals surface area contributed by atoms with Gasteiger partial charge in [0, 0.05) is 63.0 Å². The predicted octanol–water partition coefficient (Wildman–Crippen LogP) is 4.38. The number of hydrogen-bond donors (Lipinski definition) is 3. The minimum absolute atomic E-state index is 0.233. The van der Waals surface area contributed by atoms with Crippen LogP contribution in [0.3, 0.4) is 0 Å². The molecule has 4 heterocycles. The second kappa shape index (κ2) is 11.4. The zero-order valence-corrected chi connectivity index (χ0v) is 22.4. The van der Waals surface area contributed by atoms with Crippen molar-refractivity contribution >= 4 is 32.7 Å². The first-order chi connectivity index (χ1) is 19.1. The average molecular weight is 574 g/mol. The molecule has 1 aliphatic rings. The van der Waals surface area contributed by atoms with Crippen LogP contribution in [0.2, 0.25) is 0 Å². The van der Waals surface area contributed by atoms with E-state index in [9.17, 15) is 23.1 Å². The number of fused-ring (bicyclic) bond motifs is 1. The van der Waals surface area contributed by atoms with Gasteiger partial charge in [-0.05, 0) is 42.3 Å². The van der Waals surface area contributed by atoms with Crippen molar-refractivity contribution in [3.8, 4) is 22.4 Å². The summed E-state index contributed by atoms with van der Waals surface area (Å²) < 4.78 is 44.8. The van der Waals surface area contributed by atoms with Gasteiger partial charge in [0.1, 0.15) is 0 Å². The molecule has 3 N–H and O–H groups in total. The summed E-state index contributed by atoms with van der Waals surface area (Å²) in [5.74, 6) is -0.740. The van der Waals surface area contributed by atoms with E-state index in [0.29, 0.717) is 34.0 Å². The van der Waals surface area contributed by atoms with Gasteiger partial charge in [-0.2, -0.15) is 13.2 Å². The van der Waals surface area contributed by atoms with E-state index in [1.54, 1.807) is 26.3 Å². The van der Waals surface area contributed by atoms with Gasteiger partial charge >= 0.3 is 12.2 Å². The van der Waals surface area contributed by atoms with Crippen LogP contribution in [0, 0.1) is 0 Å². The van der Waals surface area contributed by atoms with E-state index in [1.165, 1.54) is 23.7 Å². The molecule has 5 rings (SSSR count). The minimum atomic E-state index is -4.88. The molecule has 1 fully saturated rings. The van der Waals surface area contributed by atoms with Crippen LogP contribution in [0.5, 0.6) is 0 Å². The summed E-state index contributed by atoms with van der Waals surface area (Å²) in [4.78, 5) is 31.0. The van der Waals surface area contributed by atoms with Gasteiger partial charge in [-0.25, -0.2) is 19.7 Å². The zero-order chi connectivity index (χ0) is 28.4. The van der Waals surface area contributed by atoms with Crippen molar-refractivity contribution in [1.29, 1.82) is 0 Å². The molecule has 1 saturated heterocycles. The topological polar surface area (TPSA) is 125 Å². The number of halogens is 3. The lowest BCUT2D eigenvalue weighted by molar-refractivity contribution is -0.209. The van der Waals surface area contributed by atoms with Crippen molar-refractivity contribution in [2.24, 2.45) is 0 Å². The zero-order valence-electron chi connectivity index (χ0n) is 21.6. The average Bonchev–Trinajstić information content (AvgIpc) is 3.31. The highest BCUT2D eigenvalue weighted by molar-refractivity contribution is 7.22. The number of carbonyl (C=O) groups excluding carboxylic acids is 1. The number of thiazole rings is 1. The highest BCUT2D eigenvalue weighted by Gasteiger charge is 2.41. The van der Waals surface area contributed by atoms with Gasteiger partial charge in [0.05, 0.1) is 22.0 Å². The molecule has 210 valence electrons. The first-order valence-corrected chi connectivity index (χ1v) is 13.2. The van der Waals surface area contributed by atoms with Crippen molar-refractivity contribution in [2.45, 2.75) is 31.9 Å². The Balaban J connectivity index is 1.53. The Labute approximate surface area is 231 Å². The summed E-state index contributed by atoms with van der Waals surface area (Å²) >= 11 is 1.29. The van der Waals surface area contributed by atoms with Gasteiger partial charge in [0.25, 0.3) is 0 Å². The molecule has 14 heteroatoms. The normalized spacial score (nSPS) is 15.2. The van der Waals surface area contributed by atoms with E-state index in [2.05, 4.69) is 35.5 Å². The number of aliphatic hydroxyl groups is 1. The Morgan fingerprint density at radius 1 is 1.20 bits per heavy atom. The monoisotopic (exact) mass is 573 g/mol. The summed E-state index contributed by atoms with van der Waals surface area (Å²) in [6.45, 7) is 4.66. The fourth-order valence-corrected chi connectivity index (χ4v) is 5.26. The lowest BCUT2D eigenvalue weighted by Crippen LogP contribution is -2.50. The summed E-state index contributed by atoms with van der Waals surface area (Å²) in [6, 6.07) is 7.11. The number of aromatic nitrogens is 4. The summed E-state index contributed by atoms with van der Waals surface area (Å²) in [7, 11) is 1.70. The third kappa shape index (κ3) is 6.04.